The van der Waals surface area contributed by atoms with E-state index in [9.17, 15) is 4.79 Å². The van der Waals surface area contributed by atoms with Crippen molar-refractivity contribution in [2.75, 3.05) is 33.4 Å². The van der Waals surface area contributed by atoms with Crippen molar-refractivity contribution >= 4 is 16.8 Å². The van der Waals surface area contributed by atoms with Gasteiger partial charge in [0.25, 0.3) is 5.91 Å². The zero-order valence-electron chi connectivity index (χ0n) is 19.5. The Morgan fingerprint density at radius 1 is 1.12 bits per heavy atom. The fraction of sp³-hybridized carbons (Fsp3) is 0.444. The van der Waals surface area contributed by atoms with Crippen LogP contribution in [0.2, 0.25) is 0 Å². The van der Waals surface area contributed by atoms with E-state index in [-0.39, 0.29) is 11.9 Å². The van der Waals surface area contributed by atoms with Crippen LogP contribution in [0.25, 0.3) is 10.9 Å². The Morgan fingerprint density at radius 2 is 1.91 bits per heavy atom. The fourth-order valence-corrected chi connectivity index (χ4v) is 4.81. The van der Waals surface area contributed by atoms with Crippen molar-refractivity contribution < 1.29 is 9.53 Å². The first kappa shape index (κ1) is 22.6. The molecule has 1 fully saturated rings. The highest BCUT2D eigenvalue weighted by molar-refractivity contribution is 5.98. The average Bonchev–Trinajstić information content (AvgIpc) is 3.42. The first-order chi connectivity index (χ1) is 15.6. The van der Waals surface area contributed by atoms with Gasteiger partial charge in [-0.1, -0.05) is 36.4 Å². The van der Waals surface area contributed by atoms with Gasteiger partial charge in [-0.25, -0.2) is 0 Å². The molecular weight excluding hydrogens is 398 g/mol. The minimum Gasteiger partial charge on any atom is -0.383 e. The second-order valence-corrected chi connectivity index (χ2v) is 9.19. The van der Waals surface area contributed by atoms with Crippen LogP contribution in [0.3, 0.4) is 0 Å². The van der Waals surface area contributed by atoms with Crippen LogP contribution in [0.5, 0.6) is 0 Å². The topological polar surface area (TPSA) is 46.5 Å². The van der Waals surface area contributed by atoms with E-state index >= 15 is 0 Å². The van der Waals surface area contributed by atoms with Crippen LogP contribution >= 0.6 is 0 Å². The number of carbonyl (C=O) groups is 1. The second kappa shape index (κ2) is 10.3. The molecule has 5 nitrogen and oxygen atoms in total. The number of amides is 1. The summed E-state index contributed by atoms with van der Waals surface area (Å²) >= 11 is 0. The molecule has 0 unspecified atom stereocenters. The summed E-state index contributed by atoms with van der Waals surface area (Å²) in [6.45, 7) is 8.42. The quantitative estimate of drug-likeness (QED) is 0.550. The third-order valence-corrected chi connectivity index (χ3v) is 6.69. The zero-order chi connectivity index (χ0) is 22.5. The number of rotatable bonds is 9. The van der Waals surface area contributed by atoms with Gasteiger partial charge in [0, 0.05) is 43.5 Å². The van der Waals surface area contributed by atoms with E-state index in [1.165, 1.54) is 5.56 Å². The molecule has 4 rings (SSSR count). The molecule has 32 heavy (non-hydrogen) atoms. The van der Waals surface area contributed by atoms with Crippen LogP contribution in [0.4, 0.5) is 0 Å². The van der Waals surface area contributed by atoms with E-state index in [1.54, 1.807) is 7.11 Å². The van der Waals surface area contributed by atoms with Crippen LogP contribution < -0.4 is 5.32 Å². The Balaban J connectivity index is 1.51. The molecule has 1 saturated heterocycles. The highest BCUT2D eigenvalue weighted by Gasteiger charge is 2.31. The monoisotopic (exact) mass is 433 g/mol. The maximum absolute atomic E-state index is 13.6. The van der Waals surface area contributed by atoms with Gasteiger partial charge in [-0.3, -0.25) is 4.79 Å². The molecule has 0 bridgehead atoms. The summed E-state index contributed by atoms with van der Waals surface area (Å²) in [5, 5.41) is 4.71. The van der Waals surface area contributed by atoms with Gasteiger partial charge in [0.2, 0.25) is 0 Å². The lowest BCUT2D eigenvalue weighted by Crippen LogP contribution is -2.42. The standard InChI is InChI=1S/C27H35N3O2/c1-20(2)30(19-25-18-28-17-24(25)15-21-7-5-4-6-8-21)27(31)23-10-9-22-11-12-29(13-14-32-3)26(22)16-23/h4-12,16,20,24-25,28H,13-15,17-19H2,1-3H3/t24-,25+/m0/s1. The smallest absolute Gasteiger partial charge is 0.254 e. The molecule has 1 aromatic heterocycles. The summed E-state index contributed by atoms with van der Waals surface area (Å²) in [5.41, 5.74) is 3.21. The van der Waals surface area contributed by atoms with Gasteiger partial charge >= 0.3 is 0 Å². The number of ether oxygens (including phenoxy) is 1. The molecule has 5 heteroatoms. The van der Waals surface area contributed by atoms with E-state index in [0.29, 0.717) is 18.4 Å². The Morgan fingerprint density at radius 3 is 2.66 bits per heavy atom. The molecule has 2 atom stereocenters. The maximum atomic E-state index is 13.6. The Kier molecular flexibility index (Phi) is 7.28. The van der Waals surface area contributed by atoms with E-state index < -0.39 is 0 Å². The molecule has 170 valence electrons. The van der Waals surface area contributed by atoms with Crippen molar-refractivity contribution in [1.82, 2.24) is 14.8 Å². The molecular formula is C27H35N3O2. The minimum absolute atomic E-state index is 0.117. The van der Waals surface area contributed by atoms with E-state index in [4.69, 9.17) is 4.74 Å². The third kappa shape index (κ3) is 5.05. The fourth-order valence-electron chi connectivity index (χ4n) is 4.81. The molecule has 1 amide bonds. The molecule has 3 aromatic rings. The Labute approximate surface area is 191 Å². The molecule has 0 radical (unpaired) electrons. The van der Waals surface area contributed by atoms with Gasteiger partial charge in [-0.2, -0.15) is 0 Å². The molecule has 0 spiro atoms. The first-order valence-electron chi connectivity index (χ1n) is 11.7. The minimum atomic E-state index is 0.117. The molecule has 1 N–H and O–H groups in total. The van der Waals surface area contributed by atoms with Gasteiger partial charge in [-0.05, 0) is 74.3 Å². The largest absolute Gasteiger partial charge is 0.383 e. The van der Waals surface area contributed by atoms with E-state index in [1.807, 2.05) is 12.1 Å². The summed E-state index contributed by atoms with van der Waals surface area (Å²) in [5.74, 6) is 1.11. The molecule has 1 aliphatic rings. The number of carbonyl (C=O) groups excluding carboxylic acids is 1. The third-order valence-electron chi connectivity index (χ3n) is 6.69. The van der Waals surface area contributed by atoms with Crippen LogP contribution in [-0.4, -0.2) is 54.8 Å². The number of methoxy groups -OCH3 is 1. The van der Waals surface area contributed by atoms with Crippen LogP contribution in [0, 0.1) is 11.8 Å². The van der Waals surface area contributed by atoms with Crippen molar-refractivity contribution in [3.63, 3.8) is 0 Å². The summed E-state index contributed by atoms with van der Waals surface area (Å²) in [7, 11) is 1.71. The Hall–Kier alpha value is -2.63. The number of hydrogen-bond donors (Lipinski definition) is 1. The molecule has 2 heterocycles. The summed E-state index contributed by atoms with van der Waals surface area (Å²) in [4.78, 5) is 15.7. The number of fused-ring (bicyclic) bond motifs is 1. The van der Waals surface area contributed by atoms with Gasteiger partial charge in [0.1, 0.15) is 0 Å². The normalized spacial score (nSPS) is 18.5. The van der Waals surface area contributed by atoms with Crippen molar-refractivity contribution in [3.8, 4) is 0 Å². The number of aromatic nitrogens is 1. The van der Waals surface area contributed by atoms with Crippen molar-refractivity contribution in [1.29, 1.82) is 0 Å². The van der Waals surface area contributed by atoms with Crippen LogP contribution in [-0.2, 0) is 17.7 Å². The molecule has 0 saturated carbocycles. The van der Waals surface area contributed by atoms with Gasteiger partial charge in [-0.15, -0.1) is 0 Å². The van der Waals surface area contributed by atoms with Crippen LogP contribution in [0.1, 0.15) is 29.8 Å². The van der Waals surface area contributed by atoms with Crippen LogP contribution in [0.15, 0.2) is 60.8 Å². The SMILES string of the molecule is COCCn1ccc2ccc(C(=O)N(C[C@H]3CNC[C@@H]3Cc3ccccc3)C(C)C)cc21. The number of hydrogen-bond acceptors (Lipinski definition) is 3. The number of benzene rings is 2. The predicted molar refractivity (Wildman–Crippen MR) is 130 cm³/mol. The zero-order valence-corrected chi connectivity index (χ0v) is 19.5. The van der Waals surface area contributed by atoms with Gasteiger partial charge < -0.3 is 19.5 Å². The lowest BCUT2D eigenvalue weighted by Gasteiger charge is -2.31. The summed E-state index contributed by atoms with van der Waals surface area (Å²) in [6.07, 6.45) is 3.12. The maximum Gasteiger partial charge on any atom is 0.254 e. The second-order valence-electron chi connectivity index (χ2n) is 9.19. The predicted octanol–water partition coefficient (Wildman–Crippen LogP) is 4.22. The number of nitrogens with one attached hydrogen (secondary N) is 1. The first-order valence-corrected chi connectivity index (χ1v) is 11.7. The van der Waals surface area contributed by atoms with E-state index in [2.05, 4.69) is 77.3 Å². The molecule has 0 aliphatic carbocycles. The highest BCUT2D eigenvalue weighted by Crippen LogP contribution is 2.25. The van der Waals surface area contributed by atoms with Crippen molar-refractivity contribution in [2.45, 2.75) is 32.9 Å². The van der Waals surface area contributed by atoms with E-state index in [0.717, 1.165) is 49.1 Å². The molecule has 2 aromatic carbocycles. The summed E-state index contributed by atoms with van der Waals surface area (Å²) < 4.78 is 7.40. The average molecular weight is 434 g/mol. The van der Waals surface area contributed by atoms with Gasteiger partial charge in [0.05, 0.1) is 6.61 Å². The van der Waals surface area contributed by atoms with Crippen molar-refractivity contribution in [2.24, 2.45) is 11.8 Å². The lowest BCUT2D eigenvalue weighted by molar-refractivity contribution is 0.0662. The molecule has 1 aliphatic heterocycles. The Bertz CT molecular complexity index is 1030. The van der Waals surface area contributed by atoms with Crippen molar-refractivity contribution in [3.05, 3.63) is 71.9 Å². The van der Waals surface area contributed by atoms with Gasteiger partial charge in [0.15, 0.2) is 0 Å². The lowest BCUT2D eigenvalue weighted by atomic mass is 9.89. The number of nitrogens with zero attached hydrogens (tertiary/aromatic N) is 2. The summed E-state index contributed by atoms with van der Waals surface area (Å²) in [6, 6.07) is 19.0. The highest BCUT2D eigenvalue weighted by atomic mass is 16.5.